The van der Waals surface area contributed by atoms with Gasteiger partial charge in [-0.25, -0.2) is 0 Å². The Kier molecular flexibility index (Phi) is 6.50. The topological polar surface area (TPSA) is 101 Å². The van der Waals surface area contributed by atoms with Crippen LogP contribution in [0.3, 0.4) is 0 Å². The summed E-state index contributed by atoms with van der Waals surface area (Å²) < 4.78 is 0. The first kappa shape index (κ1) is 18.9. The van der Waals surface area contributed by atoms with Gasteiger partial charge in [0.1, 0.15) is 0 Å². The Hall–Kier alpha value is -2.44. The predicted octanol–water partition coefficient (Wildman–Crippen LogP) is 2.66. The highest BCUT2D eigenvalue weighted by Crippen LogP contribution is 2.29. The monoisotopic (exact) mass is 347 g/mol. The van der Waals surface area contributed by atoms with Gasteiger partial charge in [-0.1, -0.05) is 26.7 Å². The second-order valence-electron chi connectivity index (χ2n) is 6.75. The van der Waals surface area contributed by atoms with Crippen LogP contribution in [0.15, 0.2) is 24.3 Å². The van der Waals surface area contributed by atoms with Crippen molar-refractivity contribution >= 4 is 17.5 Å². The molecule has 1 aliphatic rings. The van der Waals surface area contributed by atoms with Gasteiger partial charge < -0.3 is 10.6 Å². The van der Waals surface area contributed by atoms with E-state index in [1.807, 2.05) is 0 Å². The number of nitrogens with zero attached hydrogens (tertiary/aromatic N) is 1. The zero-order valence-electron chi connectivity index (χ0n) is 14.7. The average Bonchev–Trinajstić information content (AvgIpc) is 2.59. The number of nitrogens with one attached hydrogen (secondary N) is 2. The minimum absolute atomic E-state index is 0.0602. The summed E-state index contributed by atoms with van der Waals surface area (Å²) in [5.74, 6) is 0.672. The molecule has 7 heteroatoms. The highest BCUT2D eigenvalue weighted by atomic mass is 16.6. The molecule has 0 aromatic heterocycles. The number of non-ortho nitro benzene ring substituents is 1. The molecule has 0 unspecified atom stereocenters. The van der Waals surface area contributed by atoms with Crippen molar-refractivity contribution in [3.8, 4) is 0 Å². The molecule has 0 saturated heterocycles. The molecule has 1 aromatic rings. The van der Waals surface area contributed by atoms with Crippen LogP contribution < -0.4 is 10.6 Å². The second-order valence-corrected chi connectivity index (χ2v) is 6.75. The Labute approximate surface area is 147 Å². The Morgan fingerprint density at radius 1 is 1.20 bits per heavy atom. The number of benzene rings is 1. The molecular weight excluding hydrogens is 322 g/mol. The summed E-state index contributed by atoms with van der Waals surface area (Å²) in [4.78, 5) is 34.1. The van der Waals surface area contributed by atoms with Crippen LogP contribution in [-0.4, -0.2) is 29.3 Å². The number of rotatable bonds is 6. The average molecular weight is 347 g/mol. The van der Waals surface area contributed by atoms with Crippen molar-refractivity contribution < 1.29 is 14.5 Å². The molecule has 2 N–H and O–H groups in total. The van der Waals surface area contributed by atoms with Crippen molar-refractivity contribution in [2.45, 2.75) is 45.6 Å². The lowest BCUT2D eigenvalue weighted by Gasteiger charge is -2.34. The third-order valence-electron chi connectivity index (χ3n) is 5.03. The molecule has 2 amide bonds. The minimum Gasteiger partial charge on any atom is -0.353 e. The van der Waals surface area contributed by atoms with Gasteiger partial charge in [-0.15, -0.1) is 0 Å². The number of nitro benzene ring substituents is 1. The fourth-order valence-electron chi connectivity index (χ4n) is 3.19. The van der Waals surface area contributed by atoms with E-state index in [9.17, 15) is 19.7 Å². The van der Waals surface area contributed by atoms with Crippen LogP contribution in [-0.2, 0) is 4.79 Å². The van der Waals surface area contributed by atoms with Crippen molar-refractivity contribution in [1.29, 1.82) is 0 Å². The minimum atomic E-state index is -0.515. The van der Waals surface area contributed by atoms with Gasteiger partial charge in [-0.3, -0.25) is 19.7 Å². The van der Waals surface area contributed by atoms with Crippen LogP contribution in [0, 0.1) is 22.0 Å². The van der Waals surface area contributed by atoms with E-state index in [0.29, 0.717) is 17.4 Å². The van der Waals surface area contributed by atoms with E-state index in [4.69, 9.17) is 0 Å². The van der Waals surface area contributed by atoms with Gasteiger partial charge in [-0.05, 0) is 30.4 Å². The standard InChI is InChI=1S/C18H25N3O4/c1-12-4-3-5-16(13(12)2)20-17(22)10-11-19-18(23)14-6-8-15(9-7-14)21(24)25/h6-9,12-13,16H,3-5,10-11H2,1-2H3,(H,19,23)(H,20,22)/t12-,13+,16+/m0/s1. The van der Waals surface area contributed by atoms with Gasteiger partial charge >= 0.3 is 0 Å². The molecule has 1 aromatic carbocycles. The first-order valence-corrected chi connectivity index (χ1v) is 8.70. The van der Waals surface area contributed by atoms with Crippen molar-refractivity contribution in [1.82, 2.24) is 10.6 Å². The lowest BCUT2D eigenvalue weighted by Crippen LogP contribution is -2.44. The summed E-state index contributed by atoms with van der Waals surface area (Å²) in [6, 6.07) is 5.58. The van der Waals surface area contributed by atoms with Gasteiger partial charge in [0.25, 0.3) is 11.6 Å². The Morgan fingerprint density at radius 2 is 1.88 bits per heavy atom. The van der Waals surface area contributed by atoms with Gasteiger partial charge in [-0.2, -0.15) is 0 Å². The molecule has 25 heavy (non-hydrogen) atoms. The number of hydrogen-bond acceptors (Lipinski definition) is 4. The van der Waals surface area contributed by atoms with E-state index < -0.39 is 4.92 Å². The molecule has 3 atom stereocenters. The number of amides is 2. The smallest absolute Gasteiger partial charge is 0.269 e. The fraction of sp³-hybridized carbons (Fsp3) is 0.556. The maximum Gasteiger partial charge on any atom is 0.269 e. The van der Waals surface area contributed by atoms with Crippen LogP contribution in [0.5, 0.6) is 0 Å². The van der Waals surface area contributed by atoms with E-state index in [1.54, 1.807) is 0 Å². The first-order valence-electron chi connectivity index (χ1n) is 8.70. The Bertz CT molecular complexity index is 630. The maximum absolute atomic E-state index is 12.1. The fourth-order valence-corrected chi connectivity index (χ4v) is 3.19. The molecule has 0 bridgehead atoms. The number of carbonyl (C=O) groups is 2. The molecule has 1 saturated carbocycles. The van der Waals surface area contributed by atoms with Gasteiger partial charge in [0.15, 0.2) is 0 Å². The van der Waals surface area contributed by atoms with Crippen LogP contribution in [0.25, 0.3) is 0 Å². The van der Waals surface area contributed by atoms with E-state index >= 15 is 0 Å². The zero-order valence-corrected chi connectivity index (χ0v) is 14.7. The van der Waals surface area contributed by atoms with Crippen molar-refractivity contribution in [3.05, 3.63) is 39.9 Å². The Morgan fingerprint density at radius 3 is 2.52 bits per heavy atom. The SMILES string of the molecule is C[C@@H]1[C@@H](C)CCC[C@H]1NC(=O)CCNC(=O)c1ccc([N+](=O)[O-])cc1. The molecule has 0 heterocycles. The number of carbonyl (C=O) groups excluding carboxylic acids is 2. The first-order chi connectivity index (χ1) is 11.9. The summed E-state index contributed by atoms with van der Waals surface area (Å²) in [5.41, 5.74) is 0.271. The van der Waals surface area contributed by atoms with Gasteiger partial charge in [0, 0.05) is 36.7 Å². The van der Waals surface area contributed by atoms with Crippen LogP contribution in [0.1, 0.15) is 49.9 Å². The summed E-state index contributed by atoms with van der Waals surface area (Å²) in [7, 11) is 0. The normalized spacial score (nSPS) is 22.9. The Balaban J connectivity index is 1.75. The van der Waals surface area contributed by atoms with E-state index in [0.717, 1.165) is 12.8 Å². The van der Waals surface area contributed by atoms with Crippen molar-refractivity contribution in [3.63, 3.8) is 0 Å². The van der Waals surface area contributed by atoms with E-state index in [1.165, 1.54) is 30.7 Å². The predicted molar refractivity (Wildman–Crippen MR) is 94.2 cm³/mol. The molecule has 1 aliphatic carbocycles. The lowest BCUT2D eigenvalue weighted by molar-refractivity contribution is -0.384. The summed E-state index contributed by atoms with van der Waals surface area (Å²) in [6.45, 7) is 4.62. The molecule has 0 aliphatic heterocycles. The van der Waals surface area contributed by atoms with Crippen molar-refractivity contribution in [2.24, 2.45) is 11.8 Å². The third-order valence-corrected chi connectivity index (χ3v) is 5.03. The summed E-state index contributed by atoms with van der Waals surface area (Å²) in [6.07, 6.45) is 3.56. The van der Waals surface area contributed by atoms with E-state index in [-0.39, 0.29) is 36.5 Å². The number of hydrogen-bond donors (Lipinski definition) is 2. The summed E-state index contributed by atoms with van der Waals surface area (Å²) in [5, 5.41) is 16.3. The third kappa shape index (κ3) is 5.27. The molecule has 7 nitrogen and oxygen atoms in total. The van der Waals surface area contributed by atoms with Crippen molar-refractivity contribution in [2.75, 3.05) is 6.54 Å². The molecular formula is C18H25N3O4. The summed E-state index contributed by atoms with van der Waals surface area (Å²) >= 11 is 0. The quantitative estimate of drug-likeness (QED) is 0.610. The van der Waals surface area contributed by atoms with Crippen LogP contribution >= 0.6 is 0 Å². The molecule has 0 spiro atoms. The molecule has 1 fully saturated rings. The maximum atomic E-state index is 12.1. The number of nitro groups is 1. The van der Waals surface area contributed by atoms with Crippen LogP contribution in [0.2, 0.25) is 0 Å². The molecule has 136 valence electrons. The highest BCUT2D eigenvalue weighted by molar-refractivity contribution is 5.94. The van der Waals surface area contributed by atoms with Gasteiger partial charge in [0.05, 0.1) is 4.92 Å². The van der Waals surface area contributed by atoms with Crippen LogP contribution in [0.4, 0.5) is 5.69 Å². The highest BCUT2D eigenvalue weighted by Gasteiger charge is 2.27. The van der Waals surface area contributed by atoms with Gasteiger partial charge in [0.2, 0.25) is 5.91 Å². The second kappa shape index (κ2) is 8.60. The van der Waals surface area contributed by atoms with E-state index in [2.05, 4.69) is 24.5 Å². The largest absolute Gasteiger partial charge is 0.353 e. The zero-order chi connectivity index (χ0) is 18.4. The molecule has 2 rings (SSSR count). The molecule has 0 radical (unpaired) electrons. The lowest BCUT2D eigenvalue weighted by atomic mass is 9.78.